The van der Waals surface area contributed by atoms with Gasteiger partial charge in [-0.3, -0.25) is 9.59 Å². The number of nitrogens with one attached hydrogen (secondary N) is 1. The van der Waals surface area contributed by atoms with Crippen LogP contribution in [0, 0.1) is 11.7 Å². The maximum absolute atomic E-state index is 13.6. The van der Waals surface area contributed by atoms with Crippen molar-refractivity contribution in [3.63, 3.8) is 0 Å². The molecule has 2 aromatic carbocycles. The Balaban J connectivity index is 1.34. The van der Waals surface area contributed by atoms with Gasteiger partial charge in [-0.2, -0.15) is 0 Å². The van der Waals surface area contributed by atoms with Crippen LogP contribution in [0.15, 0.2) is 59.5 Å². The summed E-state index contributed by atoms with van der Waals surface area (Å²) in [6, 6.07) is 13.0. The van der Waals surface area contributed by atoms with E-state index in [-0.39, 0.29) is 17.3 Å². The third kappa shape index (κ3) is 4.34. The number of halogens is 1. The van der Waals surface area contributed by atoms with Gasteiger partial charge in [0.15, 0.2) is 0 Å². The monoisotopic (exact) mass is 460 g/mol. The van der Waals surface area contributed by atoms with Gasteiger partial charge in [0.2, 0.25) is 0 Å². The molecule has 0 aliphatic carbocycles. The van der Waals surface area contributed by atoms with Crippen LogP contribution in [0.4, 0.5) is 4.39 Å². The minimum absolute atomic E-state index is 0.0296. The van der Waals surface area contributed by atoms with Gasteiger partial charge in [-0.25, -0.2) is 9.07 Å². The summed E-state index contributed by atoms with van der Waals surface area (Å²) in [6.07, 6.45) is 2.66. The lowest BCUT2D eigenvalue weighted by molar-refractivity contribution is 0.0785. The Kier molecular flexibility index (Phi) is 5.70. The molecular weight excluding hydrogens is 435 g/mol. The Morgan fingerprint density at radius 2 is 1.97 bits per heavy atom. The molecule has 1 fully saturated rings. The van der Waals surface area contributed by atoms with Crippen LogP contribution in [0.2, 0.25) is 0 Å². The zero-order chi connectivity index (χ0) is 23.8. The summed E-state index contributed by atoms with van der Waals surface area (Å²) in [5.74, 6) is 0.148. The van der Waals surface area contributed by atoms with Crippen molar-refractivity contribution in [1.82, 2.24) is 29.8 Å². The first kappa shape index (κ1) is 22.0. The Bertz CT molecular complexity index is 1410. The highest BCUT2D eigenvalue weighted by atomic mass is 19.1. The van der Waals surface area contributed by atoms with E-state index in [1.807, 2.05) is 4.90 Å². The summed E-state index contributed by atoms with van der Waals surface area (Å²) < 4.78 is 15.1. The summed E-state index contributed by atoms with van der Waals surface area (Å²) in [5.41, 5.74) is 2.24. The lowest BCUT2D eigenvalue weighted by atomic mass is 10.1. The zero-order valence-corrected chi connectivity index (χ0v) is 19.0. The number of hydrogen-bond acceptors (Lipinski definition) is 5. The van der Waals surface area contributed by atoms with E-state index in [0.29, 0.717) is 39.3 Å². The SMILES string of the molecule is CN(C)C[C@H]1CCN(C(=O)c2ccc(-n3cc(-c4cc5cc(F)ccc5[nH]c4=O)nn3)cc2)C1. The molecule has 5 rings (SSSR count). The molecule has 1 aliphatic heterocycles. The van der Waals surface area contributed by atoms with E-state index in [4.69, 9.17) is 0 Å². The molecule has 0 spiro atoms. The van der Waals surface area contributed by atoms with E-state index < -0.39 is 0 Å². The molecule has 34 heavy (non-hydrogen) atoms. The quantitative estimate of drug-likeness (QED) is 0.495. The number of H-pyrrole nitrogens is 1. The van der Waals surface area contributed by atoms with E-state index in [1.54, 1.807) is 41.2 Å². The first-order valence-corrected chi connectivity index (χ1v) is 11.2. The molecule has 0 radical (unpaired) electrons. The third-order valence-electron chi connectivity index (χ3n) is 6.15. The summed E-state index contributed by atoms with van der Waals surface area (Å²) >= 11 is 0. The first-order chi connectivity index (χ1) is 16.4. The molecule has 9 heteroatoms. The fourth-order valence-corrected chi connectivity index (χ4v) is 4.50. The Hall–Kier alpha value is -3.85. The summed E-state index contributed by atoms with van der Waals surface area (Å²) in [7, 11) is 4.10. The summed E-state index contributed by atoms with van der Waals surface area (Å²) in [6.45, 7) is 2.53. The number of carbonyl (C=O) groups excluding carboxylic acids is 1. The number of fused-ring (bicyclic) bond motifs is 1. The summed E-state index contributed by atoms with van der Waals surface area (Å²) in [4.78, 5) is 32.2. The Morgan fingerprint density at radius 1 is 1.18 bits per heavy atom. The highest BCUT2D eigenvalue weighted by Gasteiger charge is 2.27. The minimum atomic E-state index is -0.383. The number of hydrogen-bond donors (Lipinski definition) is 1. The van der Waals surface area contributed by atoms with Crippen LogP contribution >= 0.6 is 0 Å². The van der Waals surface area contributed by atoms with Crippen LogP contribution in [-0.2, 0) is 0 Å². The fraction of sp³-hybridized carbons (Fsp3) is 0.280. The van der Waals surface area contributed by atoms with Crippen molar-refractivity contribution in [1.29, 1.82) is 0 Å². The van der Waals surface area contributed by atoms with Crippen molar-refractivity contribution < 1.29 is 9.18 Å². The number of aromatic nitrogens is 4. The maximum Gasteiger partial charge on any atom is 0.258 e. The van der Waals surface area contributed by atoms with Crippen LogP contribution in [0.25, 0.3) is 27.8 Å². The standard InChI is InChI=1S/C25H25FN6O2/c1-30(2)13-16-9-10-31(14-16)25(34)17-3-6-20(7-4-17)32-15-23(28-29-32)21-12-18-11-19(26)5-8-22(18)27-24(21)33/h3-8,11-12,15-16H,9-10,13-14H2,1-2H3,(H,27,33)/t16-/m1/s1. The molecule has 8 nitrogen and oxygen atoms in total. The van der Waals surface area contributed by atoms with Crippen LogP contribution in [0.1, 0.15) is 16.8 Å². The molecule has 4 aromatic rings. The summed E-state index contributed by atoms with van der Waals surface area (Å²) in [5, 5.41) is 8.83. The normalized spacial score (nSPS) is 16.0. The predicted molar refractivity (Wildman–Crippen MR) is 127 cm³/mol. The predicted octanol–water partition coefficient (Wildman–Crippen LogP) is 2.94. The van der Waals surface area contributed by atoms with E-state index >= 15 is 0 Å². The van der Waals surface area contributed by atoms with Crippen molar-refractivity contribution in [3.05, 3.63) is 76.5 Å². The smallest absolute Gasteiger partial charge is 0.258 e. The zero-order valence-electron chi connectivity index (χ0n) is 19.0. The van der Waals surface area contributed by atoms with Gasteiger partial charge in [0.25, 0.3) is 11.5 Å². The van der Waals surface area contributed by atoms with Crippen LogP contribution in [0.3, 0.4) is 0 Å². The van der Waals surface area contributed by atoms with Crippen molar-refractivity contribution in [2.45, 2.75) is 6.42 Å². The van der Waals surface area contributed by atoms with E-state index in [1.165, 1.54) is 18.2 Å². The van der Waals surface area contributed by atoms with Gasteiger partial charge < -0.3 is 14.8 Å². The number of amides is 1. The molecule has 1 amide bonds. The molecule has 0 bridgehead atoms. The second kappa shape index (κ2) is 8.83. The van der Waals surface area contributed by atoms with Crippen molar-refractivity contribution in [2.75, 3.05) is 33.7 Å². The van der Waals surface area contributed by atoms with Crippen molar-refractivity contribution in [2.24, 2.45) is 5.92 Å². The van der Waals surface area contributed by atoms with Gasteiger partial charge in [-0.1, -0.05) is 5.21 Å². The molecule has 1 aliphatic rings. The number of nitrogens with zero attached hydrogens (tertiary/aromatic N) is 5. The number of aromatic amines is 1. The fourth-order valence-electron chi connectivity index (χ4n) is 4.50. The van der Waals surface area contributed by atoms with Gasteiger partial charge in [0, 0.05) is 36.1 Å². The molecule has 1 atom stereocenters. The topological polar surface area (TPSA) is 87.1 Å². The Morgan fingerprint density at radius 3 is 2.74 bits per heavy atom. The maximum atomic E-state index is 13.6. The molecule has 3 heterocycles. The second-order valence-electron chi connectivity index (χ2n) is 9.01. The van der Waals surface area contributed by atoms with E-state index in [0.717, 1.165) is 26.1 Å². The lowest BCUT2D eigenvalue weighted by Crippen LogP contribution is -2.30. The third-order valence-corrected chi connectivity index (χ3v) is 6.15. The Labute approximate surface area is 195 Å². The number of carbonyl (C=O) groups is 1. The van der Waals surface area contributed by atoms with Crippen LogP contribution in [0.5, 0.6) is 0 Å². The molecular formula is C25H25FN6O2. The van der Waals surface area contributed by atoms with Gasteiger partial charge in [-0.05, 0) is 75.0 Å². The van der Waals surface area contributed by atoms with E-state index in [2.05, 4.69) is 34.3 Å². The molecule has 0 unspecified atom stereocenters. The molecule has 1 saturated heterocycles. The molecule has 174 valence electrons. The van der Waals surface area contributed by atoms with Crippen molar-refractivity contribution >= 4 is 16.8 Å². The van der Waals surface area contributed by atoms with Gasteiger partial charge >= 0.3 is 0 Å². The molecule has 0 saturated carbocycles. The van der Waals surface area contributed by atoms with Gasteiger partial charge in [0.1, 0.15) is 11.5 Å². The largest absolute Gasteiger partial charge is 0.338 e. The van der Waals surface area contributed by atoms with Crippen molar-refractivity contribution in [3.8, 4) is 16.9 Å². The highest BCUT2D eigenvalue weighted by Crippen LogP contribution is 2.22. The first-order valence-electron chi connectivity index (χ1n) is 11.2. The van der Waals surface area contributed by atoms with E-state index in [9.17, 15) is 14.0 Å². The van der Waals surface area contributed by atoms with Gasteiger partial charge in [-0.15, -0.1) is 5.10 Å². The molecule has 1 N–H and O–H groups in total. The van der Waals surface area contributed by atoms with Crippen LogP contribution < -0.4 is 5.56 Å². The second-order valence-corrected chi connectivity index (χ2v) is 9.01. The minimum Gasteiger partial charge on any atom is -0.338 e. The number of likely N-dealkylation sites (tertiary alicyclic amines) is 1. The average Bonchev–Trinajstić information content (AvgIpc) is 3.48. The highest BCUT2D eigenvalue weighted by molar-refractivity contribution is 5.94. The average molecular weight is 461 g/mol. The molecule has 2 aromatic heterocycles. The van der Waals surface area contributed by atoms with Gasteiger partial charge in [0.05, 0.1) is 17.4 Å². The van der Waals surface area contributed by atoms with Crippen LogP contribution in [-0.4, -0.2) is 69.4 Å². The number of rotatable bonds is 5. The number of pyridine rings is 1. The number of benzene rings is 2. The lowest BCUT2D eigenvalue weighted by Gasteiger charge is -2.18.